The summed E-state index contributed by atoms with van der Waals surface area (Å²) in [5.41, 5.74) is 4.00. The van der Waals surface area contributed by atoms with Crippen LogP contribution < -0.4 is 9.47 Å². The van der Waals surface area contributed by atoms with Crippen molar-refractivity contribution in [1.82, 2.24) is 4.90 Å². The van der Waals surface area contributed by atoms with Gasteiger partial charge in [-0.15, -0.1) is 0 Å². The zero-order valence-corrected chi connectivity index (χ0v) is 25.2. The largest absolute Gasteiger partial charge is 0.496 e. The summed E-state index contributed by atoms with van der Waals surface area (Å²) in [6, 6.07) is 21.3. The Kier molecular flexibility index (Phi) is 9.04. The fourth-order valence-electron chi connectivity index (χ4n) is 5.60. The van der Waals surface area contributed by atoms with Crippen molar-refractivity contribution in [3.63, 3.8) is 0 Å². The minimum absolute atomic E-state index is 0.114. The average molecular weight is 620 g/mol. The molecule has 0 aliphatic carbocycles. The summed E-state index contributed by atoms with van der Waals surface area (Å²) in [6.07, 6.45) is -5.34. The van der Waals surface area contributed by atoms with Gasteiger partial charge < -0.3 is 23.8 Å². The van der Waals surface area contributed by atoms with Crippen molar-refractivity contribution in [2.75, 3.05) is 27.9 Å². The van der Waals surface area contributed by atoms with Crippen LogP contribution >= 0.6 is 0 Å². The molecule has 1 heterocycles. The van der Waals surface area contributed by atoms with Crippen LogP contribution in [0.25, 0.3) is 22.3 Å². The molecule has 1 saturated heterocycles. The van der Waals surface area contributed by atoms with E-state index < -0.39 is 29.9 Å². The van der Waals surface area contributed by atoms with E-state index in [2.05, 4.69) is 0 Å². The first-order chi connectivity index (χ1) is 21.5. The number of rotatable bonds is 8. The first-order valence-electron chi connectivity index (χ1n) is 14.2. The van der Waals surface area contributed by atoms with Gasteiger partial charge >= 0.3 is 18.2 Å². The number of hydrogen-bond donors (Lipinski definition) is 0. The number of para-hydroxylation sites is 1. The highest BCUT2D eigenvalue weighted by atomic mass is 19.4. The summed E-state index contributed by atoms with van der Waals surface area (Å²) in [7, 11) is 4.33. The minimum Gasteiger partial charge on any atom is -0.496 e. The van der Waals surface area contributed by atoms with Crippen molar-refractivity contribution in [3.8, 4) is 33.8 Å². The second-order valence-electron chi connectivity index (χ2n) is 10.6. The second kappa shape index (κ2) is 12.9. The van der Waals surface area contributed by atoms with Crippen LogP contribution in [0.4, 0.5) is 18.0 Å². The molecule has 0 spiro atoms. The quantitative estimate of drug-likeness (QED) is 0.185. The lowest BCUT2D eigenvalue weighted by atomic mass is 9.91. The van der Waals surface area contributed by atoms with Gasteiger partial charge in [-0.05, 0) is 77.2 Å². The van der Waals surface area contributed by atoms with Gasteiger partial charge in [0.25, 0.3) is 0 Å². The molecule has 0 radical (unpaired) electrons. The number of carbonyl (C=O) groups is 2. The van der Waals surface area contributed by atoms with E-state index in [0.717, 1.165) is 34.4 Å². The third kappa shape index (κ3) is 6.60. The summed E-state index contributed by atoms with van der Waals surface area (Å²) < 4.78 is 63.3. The van der Waals surface area contributed by atoms with E-state index in [9.17, 15) is 22.8 Å². The minimum atomic E-state index is -4.59. The Morgan fingerprint density at radius 1 is 0.889 bits per heavy atom. The number of esters is 1. The number of aryl methyl sites for hydroxylation is 1. The summed E-state index contributed by atoms with van der Waals surface area (Å²) in [5, 5.41) is 0. The van der Waals surface area contributed by atoms with Crippen LogP contribution in [0.5, 0.6) is 11.5 Å². The fourth-order valence-corrected chi connectivity index (χ4v) is 5.60. The maximum Gasteiger partial charge on any atom is 0.416 e. The van der Waals surface area contributed by atoms with Crippen LogP contribution in [0.2, 0.25) is 0 Å². The van der Waals surface area contributed by atoms with Gasteiger partial charge in [-0.3, -0.25) is 0 Å². The highest BCUT2D eigenvalue weighted by molar-refractivity contribution is 5.91. The molecule has 1 aliphatic rings. The molecule has 1 atom stereocenters. The molecule has 7 nitrogen and oxygen atoms in total. The van der Waals surface area contributed by atoms with Crippen molar-refractivity contribution >= 4 is 12.1 Å². The lowest BCUT2D eigenvalue weighted by molar-refractivity contribution is -0.137. The molecule has 5 rings (SSSR count). The highest BCUT2D eigenvalue weighted by Gasteiger charge is 2.34. The molecule has 1 fully saturated rings. The predicted molar refractivity (Wildman–Crippen MR) is 162 cm³/mol. The molecule has 1 amide bonds. The molecule has 10 heteroatoms. The molecule has 0 saturated carbocycles. The summed E-state index contributed by atoms with van der Waals surface area (Å²) in [4.78, 5) is 26.6. The van der Waals surface area contributed by atoms with Gasteiger partial charge in [-0.1, -0.05) is 36.4 Å². The number of hydrogen-bond acceptors (Lipinski definition) is 6. The molecule has 0 aromatic heterocycles. The van der Waals surface area contributed by atoms with Gasteiger partial charge in [0.2, 0.25) is 0 Å². The number of methoxy groups -OCH3 is 3. The van der Waals surface area contributed by atoms with Gasteiger partial charge in [0, 0.05) is 30.6 Å². The van der Waals surface area contributed by atoms with E-state index in [-0.39, 0.29) is 18.7 Å². The van der Waals surface area contributed by atoms with Crippen molar-refractivity contribution < 1.29 is 41.7 Å². The molecule has 0 unspecified atom stereocenters. The molecule has 0 bridgehead atoms. The van der Waals surface area contributed by atoms with Crippen LogP contribution in [0, 0.1) is 6.92 Å². The number of nitrogens with zero attached hydrogens (tertiary/aromatic N) is 1. The molecule has 4 aromatic carbocycles. The van der Waals surface area contributed by atoms with Crippen molar-refractivity contribution in [3.05, 3.63) is 107 Å². The number of halogens is 3. The van der Waals surface area contributed by atoms with Gasteiger partial charge in [0.1, 0.15) is 17.6 Å². The monoisotopic (exact) mass is 619 g/mol. The van der Waals surface area contributed by atoms with Crippen molar-refractivity contribution in [2.24, 2.45) is 0 Å². The number of benzene rings is 4. The Balaban J connectivity index is 1.52. The molecular formula is C35H32F3NO6. The zero-order chi connectivity index (χ0) is 32.3. The van der Waals surface area contributed by atoms with Crippen LogP contribution in [-0.4, -0.2) is 44.8 Å². The molecular weight excluding hydrogens is 587 g/mol. The molecule has 45 heavy (non-hydrogen) atoms. The third-order valence-corrected chi connectivity index (χ3v) is 7.89. The van der Waals surface area contributed by atoms with E-state index in [1.165, 1.54) is 32.3 Å². The molecule has 234 valence electrons. The van der Waals surface area contributed by atoms with Crippen LogP contribution in [0.1, 0.15) is 45.1 Å². The van der Waals surface area contributed by atoms with Gasteiger partial charge in [-0.2, -0.15) is 13.2 Å². The first-order valence-corrected chi connectivity index (χ1v) is 14.2. The lowest BCUT2D eigenvalue weighted by Gasteiger charge is -2.33. The maximum atomic E-state index is 13.9. The lowest BCUT2D eigenvalue weighted by Crippen LogP contribution is -2.38. The van der Waals surface area contributed by atoms with Crippen molar-refractivity contribution in [2.45, 2.75) is 32.2 Å². The Morgan fingerprint density at radius 2 is 1.62 bits per heavy atom. The summed E-state index contributed by atoms with van der Waals surface area (Å²) in [5.74, 6) is 0.576. The van der Waals surface area contributed by atoms with Gasteiger partial charge in [0.05, 0.1) is 32.5 Å². The Morgan fingerprint density at radius 3 is 2.29 bits per heavy atom. The van der Waals surface area contributed by atoms with E-state index in [0.29, 0.717) is 34.6 Å². The Bertz CT molecular complexity index is 1740. The summed E-state index contributed by atoms with van der Waals surface area (Å²) >= 11 is 0. The maximum absolute atomic E-state index is 13.9. The Labute approximate surface area is 259 Å². The van der Waals surface area contributed by atoms with Gasteiger partial charge in [-0.25, -0.2) is 9.59 Å². The SMILES string of the molecule is COC(=O)c1ccc(-c2ccc(OC)c(-c3ccc(C(F)(F)F)cc3CN3CC[C@@H](c4ccccc4OC)OC3=O)c2)c(C)c1. The smallest absolute Gasteiger partial charge is 0.416 e. The normalized spacial score (nSPS) is 15.0. The third-order valence-electron chi connectivity index (χ3n) is 7.89. The molecule has 0 N–H and O–H groups in total. The van der Waals surface area contributed by atoms with E-state index in [4.69, 9.17) is 18.9 Å². The zero-order valence-electron chi connectivity index (χ0n) is 25.2. The highest BCUT2D eigenvalue weighted by Crippen LogP contribution is 2.41. The van der Waals surface area contributed by atoms with E-state index in [1.54, 1.807) is 30.3 Å². The molecule has 4 aromatic rings. The topological polar surface area (TPSA) is 74.3 Å². The molecule has 1 aliphatic heterocycles. The van der Waals surface area contributed by atoms with Crippen LogP contribution in [0.15, 0.2) is 78.9 Å². The number of amides is 1. The van der Waals surface area contributed by atoms with E-state index >= 15 is 0 Å². The van der Waals surface area contributed by atoms with Crippen LogP contribution in [-0.2, 0) is 22.2 Å². The number of cyclic esters (lactones) is 1. The number of alkyl halides is 3. The number of ether oxygens (including phenoxy) is 4. The number of carbonyl (C=O) groups excluding carboxylic acids is 2. The standard InChI is InChI=1S/C35H32F3NO6/c1-21-17-23(33(40)44-4)9-12-26(21)22-10-14-31(43-3)29(19-22)27-13-11-25(35(36,37)38)18-24(27)20-39-16-15-32(45-34(39)41)28-7-5-6-8-30(28)42-2/h5-14,17-19,32H,15-16,20H2,1-4H3/t32-/m0/s1. The fraction of sp³-hybridized carbons (Fsp3) is 0.257. The van der Waals surface area contributed by atoms with Crippen molar-refractivity contribution in [1.29, 1.82) is 0 Å². The Hall–Kier alpha value is -4.99. The summed E-state index contributed by atoms with van der Waals surface area (Å²) in [6.45, 7) is 2.01. The van der Waals surface area contributed by atoms with Gasteiger partial charge in [0.15, 0.2) is 0 Å². The van der Waals surface area contributed by atoms with Crippen LogP contribution in [0.3, 0.4) is 0 Å². The first kappa shape index (κ1) is 31.4. The average Bonchev–Trinajstić information content (AvgIpc) is 3.04. The van der Waals surface area contributed by atoms with E-state index in [1.807, 2.05) is 37.3 Å². The predicted octanol–water partition coefficient (Wildman–Crippen LogP) is 8.24. The second-order valence-corrected chi connectivity index (χ2v) is 10.6.